The van der Waals surface area contributed by atoms with Crippen LogP contribution in [0.4, 0.5) is 11.4 Å². The van der Waals surface area contributed by atoms with Gasteiger partial charge in [-0.3, -0.25) is 9.78 Å². The minimum atomic E-state index is -0.0637. The van der Waals surface area contributed by atoms with Gasteiger partial charge in [0, 0.05) is 11.9 Å². The lowest BCUT2D eigenvalue weighted by molar-refractivity contribution is -0.110. The smallest absolute Gasteiger partial charge is 0.257 e. The zero-order chi connectivity index (χ0) is 16.1. The van der Waals surface area contributed by atoms with Gasteiger partial charge in [0.2, 0.25) is 0 Å². The second-order valence-electron chi connectivity index (χ2n) is 4.92. The summed E-state index contributed by atoms with van der Waals surface area (Å²) in [6.07, 6.45) is 3.46. The number of hydrogen-bond acceptors (Lipinski definition) is 3. The van der Waals surface area contributed by atoms with Crippen LogP contribution in [0.15, 0.2) is 55.3 Å². The number of nitrogens with zero attached hydrogens (tertiary/aromatic N) is 1. The number of pyridine rings is 1. The molecule has 3 rings (SSSR count). The highest BCUT2D eigenvalue weighted by molar-refractivity contribution is 6.30. The number of nitrogens with one attached hydrogen (secondary N) is 1. The third-order valence-corrected chi connectivity index (χ3v) is 3.26. The van der Waals surface area contributed by atoms with Crippen molar-refractivity contribution in [3.05, 3.63) is 66.5 Å². The average molecular weight is 293 g/mol. The number of carbonyl (C=O) groups is 1. The van der Waals surface area contributed by atoms with Gasteiger partial charge in [-0.05, 0) is 43.2 Å². The number of benzene rings is 1. The van der Waals surface area contributed by atoms with Crippen molar-refractivity contribution >= 4 is 28.4 Å². The number of fused-ring (bicyclic) bond motifs is 1. The topological polar surface area (TPSA) is 68.0 Å². The number of nitrogens with two attached hydrogens (primary N) is 1. The van der Waals surface area contributed by atoms with E-state index >= 15 is 0 Å². The maximum absolute atomic E-state index is 11.2. The molecule has 4 nitrogen and oxygen atoms in total. The number of hydrogen-bond donors (Lipinski definition) is 2. The predicted octanol–water partition coefficient (Wildman–Crippen LogP) is 3.74. The zero-order valence-corrected chi connectivity index (χ0v) is 12.8. The molecule has 2 aromatic rings. The Morgan fingerprint density at radius 2 is 2.00 bits per heavy atom. The molecule has 2 heterocycles. The molecule has 0 unspecified atom stereocenters. The Balaban J connectivity index is 0.000000164. The second kappa shape index (κ2) is 6.72. The number of para-hydroxylation sites is 1. The van der Waals surface area contributed by atoms with Crippen molar-refractivity contribution in [2.24, 2.45) is 0 Å². The van der Waals surface area contributed by atoms with E-state index in [1.165, 1.54) is 0 Å². The van der Waals surface area contributed by atoms with E-state index in [1.807, 2.05) is 44.2 Å². The van der Waals surface area contributed by atoms with Crippen LogP contribution in [0.25, 0.3) is 11.1 Å². The van der Waals surface area contributed by atoms with Gasteiger partial charge in [-0.15, -0.1) is 0 Å². The number of anilines is 2. The van der Waals surface area contributed by atoms with Crippen LogP contribution < -0.4 is 11.1 Å². The van der Waals surface area contributed by atoms with Crippen LogP contribution in [0, 0.1) is 0 Å². The molecular weight excluding hydrogens is 274 g/mol. The maximum atomic E-state index is 11.2. The molecule has 22 heavy (non-hydrogen) atoms. The van der Waals surface area contributed by atoms with E-state index in [4.69, 9.17) is 5.73 Å². The summed E-state index contributed by atoms with van der Waals surface area (Å²) in [5, 5.41) is 2.73. The molecule has 1 aromatic heterocycles. The van der Waals surface area contributed by atoms with E-state index in [0.717, 1.165) is 28.2 Å². The van der Waals surface area contributed by atoms with E-state index in [9.17, 15) is 4.79 Å². The van der Waals surface area contributed by atoms with Gasteiger partial charge in [0.25, 0.3) is 5.91 Å². The maximum Gasteiger partial charge on any atom is 0.257 e. The van der Waals surface area contributed by atoms with Crippen LogP contribution in [-0.4, -0.2) is 10.9 Å². The minimum Gasteiger partial charge on any atom is -0.398 e. The average Bonchev–Trinajstić information content (AvgIpc) is 2.83. The molecule has 1 aliphatic heterocycles. The van der Waals surface area contributed by atoms with Gasteiger partial charge in [-0.2, -0.15) is 0 Å². The molecule has 4 heteroatoms. The third kappa shape index (κ3) is 3.23. The third-order valence-electron chi connectivity index (χ3n) is 3.26. The van der Waals surface area contributed by atoms with E-state index < -0.39 is 0 Å². The van der Waals surface area contributed by atoms with Crippen molar-refractivity contribution in [3.63, 3.8) is 0 Å². The first-order valence-corrected chi connectivity index (χ1v) is 6.98. The lowest BCUT2D eigenvalue weighted by atomic mass is 10.1. The highest BCUT2D eigenvalue weighted by atomic mass is 16.2. The first-order valence-electron chi connectivity index (χ1n) is 6.98. The fourth-order valence-electron chi connectivity index (χ4n) is 2.17. The van der Waals surface area contributed by atoms with Crippen LogP contribution >= 0.6 is 0 Å². The summed E-state index contributed by atoms with van der Waals surface area (Å²) < 4.78 is 0. The van der Waals surface area contributed by atoms with Crippen LogP contribution in [0.1, 0.15) is 25.1 Å². The number of aromatic nitrogens is 1. The van der Waals surface area contributed by atoms with Crippen molar-refractivity contribution in [3.8, 4) is 0 Å². The lowest BCUT2D eigenvalue weighted by Crippen LogP contribution is -2.03. The highest BCUT2D eigenvalue weighted by Crippen LogP contribution is 2.28. The first-order chi connectivity index (χ1) is 10.5. The Morgan fingerprint density at radius 3 is 2.59 bits per heavy atom. The fourth-order valence-corrected chi connectivity index (χ4v) is 2.17. The normalized spacial score (nSPS) is 13.9. The fraction of sp³-hybridized carbons (Fsp3) is 0.111. The van der Waals surface area contributed by atoms with E-state index in [1.54, 1.807) is 18.3 Å². The Labute approximate surface area is 130 Å². The number of carbonyl (C=O) groups excluding carboxylic acids is 1. The predicted molar refractivity (Wildman–Crippen MR) is 92.1 cm³/mol. The van der Waals surface area contributed by atoms with Gasteiger partial charge >= 0.3 is 0 Å². The number of amides is 1. The molecule has 1 amide bonds. The number of nitrogen functional groups attached to an aromatic ring is 1. The lowest BCUT2D eigenvalue weighted by Gasteiger charge is -2.01. The molecule has 0 atom stereocenters. The Kier molecular flexibility index (Phi) is 4.73. The van der Waals surface area contributed by atoms with E-state index in [-0.39, 0.29) is 5.91 Å². The summed E-state index contributed by atoms with van der Waals surface area (Å²) in [4.78, 5) is 15.4. The van der Waals surface area contributed by atoms with Gasteiger partial charge in [0.1, 0.15) is 0 Å². The quantitative estimate of drug-likeness (QED) is 0.621. The summed E-state index contributed by atoms with van der Waals surface area (Å²) >= 11 is 0. The molecular formula is C18H19N3O. The van der Waals surface area contributed by atoms with Gasteiger partial charge in [0.05, 0.1) is 17.0 Å². The molecule has 0 saturated carbocycles. The summed E-state index contributed by atoms with van der Waals surface area (Å²) in [6, 6.07) is 11.4. The van der Waals surface area contributed by atoms with E-state index in [2.05, 4.69) is 16.9 Å². The van der Waals surface area contributed by atoms with Crippen molar-refractivity contribution in [1.29, 1.82) is 0 Å². The number of rotatable bonds is 1. The Hall–Kier alpha value is -2.88. The Morgan fingerprint density at radius 1 is 1.27 bits per heavy atom. The van der Waals surface area contributed by atoms with Gasteiger partial charge < -0.3 is 11.1 Å². The van der Waals surface area contributed by atoms with Crippen LogP contribution in [0.5, 0.6) is 0 Å². The van der Waals surface area contributed by atoms with Gasteiger partial charge in [-0.25, -0.2) is 0 Å². The first kappa shape index (κ1) is 15.5. The standard InChI is InChI=1S/C9H8N2O.C9H11N/c1-2-6-8-7(11-9(6)12)4-3-5-10-8;1-7(2)8-5-3-4-6-9(8)10/h2-5H,1H3,(H,11,12);3-6H,1,10H2,2H3/b6-2-;. The van der Waals surface area contributed by atoms with Crippen LogP contribution in [0.3, 0.4) is 0 Å². The van der Waals surface area contributed by atoms with Crippen molar-refractivity contribution < 1.29 is 4.79 Å². The van der Waals surface area contributed by atoms with Crippen molar-refractivity contribution in [2.75, 3.05) is 11.1 Å². The number of allylic oxidation sites excluding steroid dienone is 2. The molecule has 0 fully saturated rings. The Bertz CT molecular complexity index is 748. The van der Waals surface area contributed by atoms with E-state index in [0.29, 0.717) is 5.57 Å². The summed E-state index contributed by atoms with van der Waals surface area (Å²) in [5.41, 5.74) is 10.7. The molecule has 0 spiro atoms. The molecule has 0 saturated heterocycles. The largest absolute Gasteiger partial charge is 0.398 e. The monoisotopic (exact) mass is 293 g/mol. The minimum absolute atomic E-state index is 0.0637. The summed E-state index contributed by atoms with van der Waals surface area (Å²) in [7, 11) is 0. The van der Waals surface area contributed by atoms with Crippen molar-refractivity contribution in [1.82, 2.24) is 4.98 Å². The second-order valence-corrected chi connectivity index (χ2v) is 4.92. The zero-order valence-electron chi connectivity index (χ0n) is 12.8. The summed E-state index contributed by atoms with van der Waals surface area (Å²) in [5.74, 6) is -0.0637. The van der Waals surface area contributed by atoms with Crippen LogP contribution in [0.2, 0.25) is 0 Å². The molecule has 0 radical (unpaired) electrons. The molecule has 3 N–H and O–H groups in total. The molecule has 1 aromatic carbocycles. The van der Waals surface area contributed by atoms with Crippen LogP contribution in [-0.2, 0) is 4.79 Å². The molecule has 0 bridgehead atoms. The molecule has 0 aliphatic carbocycles. The highest BCUT2D eigenvalue weighted by Gasteiger charge is 2.23. The SMILES string of the molecule is C/C=C1\C(=O)Nc2cccnc21.C=C(C)c1ccccc1N. The summed E-state index contributed by atoms with van der Waals surface area (Å²) in [6.45, 7) is 7.59. The molecule has 112 valence electrons. The molecule has 1 aliphatic rings. The van der Waals surface area contributed by atoms with Crippen molar-refractivity contribution in [2.45, 2.75) is 13.8 Å². The van der Waals surface area contributed by atoms with Gasteiger partial charge in [0.15, 0.2) is 0 Å². The van der Waals surface area contributed by atoms with Gasteiger partial charge in [-0.1, -0.05) is 30.9 Å².